The number of hydrogen-bond donors (Lipinski definition) is 2. The summed E-state index contributed by atoms with van der Waals surface area (Å²) in [5, 5.41) is 14.9. The van der Waals surface area contributed by atoms with E-state index in [-0.39, 0.29) is 11.9 Å². The van der Waals surface area contributed by atoms with Crippen LogP contribution in [0.5, 0.6) is 0 Å². The number of fused-ring (bicyclic) bond motifs is 1. The van der Waals surface area contributed by atoms with Crippen molar-refractivity contribution in [2.24, 2.45) is 0 Å². The third kappa shape index (κ3) is 2.43. The summed E-state index contributed by atoms with van der Waals surface area (Å²) in [5.41, 5.74) is 7.43. The molecule has 24 heavy (non-hydrogen) atoms. The van der Waals surface area contributed by atoms with Gasteiger partial charge in [0.05, 0.1) is 11.8 Å². The zero-order valence-electron chi connectivity index (χ0n) is 13.7. The maximum Gasteiger partial charge on any atom is 0.245 e. The Morgan fingerprint density at radius 3 is 2.96 bits per heavy atom. The summed E-state index contributed by atoms with van der Waals surface area (Å²) < 4.78 is 6.89. The van der Waals surface area contributed by atoms with E-state index in [4.69, 9.17) is 10.2 Å². The second-order valence-corrected chi connectivity index (χ2v) is 6.78. The van der Waals surface area contributed by atoms with Crippen LogP contribution in [0.4, 0.5) is 5.95 Å². The number of nitrogens with two attached hydrogens (primary N) is 1. The Kier molecular flexibility index (Phi) is 3.31. The lowest BCUT2D eigenvalue weighted by Crippen LogP contribution is -2.31. The van der Waals surface area contributed by atoms with Gasteiger partial charge in [0, 0.05) is 11.5 Å². The highest BCUT2D eigenvalue weighted by molar-refractivity contribution is 5.65. The Labute approximate surface area is 138 Å². The maximum absolute atomic E-state index is 10.3. The molecule has 8 heteroatoms. The highest BCUT2D eigenvalue weighted by Crippen LogP contribution is 2.37. The molecular weight excluding hydrogens is 308 g/mol. The standard InChI is InChI=1S/C16H20N6O2/c1-9-11(14-18-6-7-24-14)19-15(17)22-13(9)20-12(21-22)10-4-3-5-16(2,23)8-10/h6-7,10,23H,3-5,8H2,1-2H3,(H2,17,19)/t10-,16-/m0/s1. The molecule has 3 aromatic heterocycles. The molecule has 0 aliphatic heterocycles. The van der Waals surface area contributed by atoms with E-state index in [1.54, 1.807) is 10.7 Å². The third-order valence-electron chi connectivity index (χ3n) is 4.71. The SMILES string of the molecule is Cc1c(-c2ncco2)nc(N)n2nc([C@H]3CCC[C@](C)(O)C3)nc12. The molecule has 4 rings (SSSR count). The Morgan fingerprint density at radius 2 is 2.25 bits per heavy atom. The molecule has 0 radical (unpaired) electrons. The zero-order chi connectivity index (χ0) is 16.9. The fraction of sp³-hybridized carbons (Fsp3) is 0.500. The minimum Gasteiger partial charge on any atom is -0.443 e. The largest absolute Gasteiger partial charge is 0.443 e. The Morgan fingerprint density at radius 1 is 1.42 bits per heavy atom. The van der Waals surface area contributed by atoms with Crippen LogP contribution in [0.2, 0.25) is 0 Å². The first-order chi connectivity index (χ1) is 11.4. The predicted octanol–water partition coefficient (Wildman–Crippen LogP) is 2.08. The summed E-state index contributed by atoms with van der Waals surface area (Å²) in [6.07, 6.45) is 6.46. The summed E-state index contributed by atoms with van der Waals surface area (Å²) in [6, 6.07) is 0. The van der Waals surface area contributed by atoms with E-state index in [0.717, 1.165) is 24.8 Å². The van der Waals surface area contributed by atoms with Crippen LogP contribution >= 0.6 is 0 Å². The molecule has 2 atom stereocenters. The molecule has 3 aromatic rings. The van der Waals surface area contributed by atoms with Crippen LogP contribution < -0.4 is 5.73 Å². The van der Waals surface area contributed by atoms with E-state index in [1.165, 1.54) is 6.26 Å². The Bertz CT molecular complexity index is 884. The van der Waals surface area contributed by atoms with Crippen molar-refractivity contribution in [2.45, 2.75) is 51.0 Å². The highest BCUT2D eigenvalue weighted by Gasteiger charge is 2.33. The van der Waals surface area contributed by atoms with E-state index in [9.17, 15) is 5.11 Å². The van der Waals surface area contributed by atoms with Gasteiger partial charge in [0.2, 0.25) is 11.8 Å². The van der Waals surface area contributed by atoms with Gasteiger partial charge in [-0.1, -0.05) is 0 Å². The van der Waals surface area contributed by atoms with Gasteiger partial charge in [-0.2, -0.15) is 4.52 Å². The van der Waals surface area contributed by atoms with Crippen LogP contribution in [-0.2, 0) is 0 Å². The monoisotopic (exact) mass is 328 g/mol. The van der Waals surface area contributed by atoms with Crippen LogP contribution in [0.1, 0.15) is 49.9 Å². The Hall–Kier alpha value is -2.48. The van der Waals surface area contributed by atoms with Crippen molar-refractivity contribution in [2.75, 3.05) is 5.73 Å². The number of oxazole rings is 1. The number of hydrogen-bond acceptors (Lipinski definition) is 7. The molecule has 1 fully saturated rings. The van der Waals surface area contributed by atoms with Gasteiger partial charge in [-0.15, -0.1) is 5.10 Å². The molecule has 0 bridgehead atoms. The summed E-state index contributed by atoms with van der Waals surface area (Å²) in [5.74, 6) is 1.48. The lowest BCUT2D eigenvalue weighted by molar-refractivity contribution is 0.0134. The number of rotatable bonds is 2. The first-order valence-corrected chi connectivity index (χ1v) is 8.09. The second kappa shape index (κ2) is 5.27. The molecule has 0 amide bonds. The lowest BCUT2D eigenvalue weighted by atomic mass is 9.79. The zero-order valence-corrected chi connectivity index (χ0v) is 13.7. The van der Waals surface area contributed by atoms with Crippen LogP contribution in [0.25, 0.3) is 17.2 Å². The molecule has 3 heterocycles. The van der Waals surface area contributed by atoms with Crippen LogP contribution in [0, 0.1) is 6.92 Å². The van der Waals surface area contributed by atoms with E-state index in [2.05, 4.69) is 20.1 Å². The first kappa shape index (κ1) is 15.1. The lowest BCUT2D eigenvalue weighted by Gasteiger charge is -2.32. The van der Waals surface area contributed by atoms with Crippen LogP contribution in [-0.4, -0.2) is 35.3 Å². The molecule has 1 aliphatic carbocycles. The van der Waals surface area contributed by atoms with Crippen LogP contribution in [0.15, 0.2) is 16.9 Å². The molecular formula is C16H20N6O2. The number of aliphatic hydroxyl groups is 1. The van der Waals surface area contributed by atoms with Crippen molar-refractivity contribution < 1.29 is 9.52 Å². The topological polar surface area (TPSA) is 115 Å². The average Bonchev–Trinajstić information content (AvgIpc) is 3.19. The Balaban J connectivity index is 1.81. The summed E-state index contributed by atoms with van der Waals surface area (Å²) in [4.78, 5) is 13.2. The number of aromatic nitrogens is 5. The molecule has 1 saturated carbocycles. The highest BCUT2D eigenvalue weighted by atomic mass is 16.3. The quantitative estimate of drug-likeness (QED) is 0.740. The van der Waals surface area contributed by atoms with Crippen molar-refractivity contribution in [1.29, 1.82) is 0 Å². The first-order valence-electron chi connectivity index (χ1n) is 8.09. The fourth-order valence-corrected chi connectivity index (χ4v) is 3.49. The van der Waals surface area contributed by atoms with Crippen LogP contribution in [0.3, 0.4) is 0 Å². The van der Waals surface area contributed by atoms with Crippen molar-refractivity contribution in [3.05, 3.63) is 23.8 Å². The van der Waals surface area contributed by atoms with Gasteiger partial charge >= 0.3 is 0 Å². The third-order valence-corrected chi connectivity index (χ3v) is 4.71. The van der Waals surface area contributed by atoms with Gasteiger partial charge in [0.1, 0.15) is 12.0 Å². The van der Waals surface area contributed by atoms with E-state index in [1.807, 2.05) is 13.8 Å². The van der Waals surface area contributed by atoms with Crippen molar-refractivity contribution >= 4 is 11.6 Å². The van der Waals surface area contributed by atoms with Gasteiger partial charge in [-0.3, -0.25) is 0 Å². The normalized spacial score (nSPS) is 24.5. The van der Waals surface area contributed by atoms with Crippen molar-refractivity contribution in [1.82, 2.24) is 24.6 Å². The maximum atomic E-state index is 10.3. The molecule has 8 nitrogen and oxygen atoms in total. The molecule has 0 saturated heterocycles. The van der Waals surface area contributed by atoms with Gasteiger partial charge in [-0.05, 0) is 39.5 Å². The minimum absolute atomic E-state index is 0.123. The van der Waals surface area contributed by atoms with Gasteiger partial charge in [0.15, 0.2) is 11.5 Å². The fourth-order valence-electron chi connectivity index (χ4n) is 3.49. The van der Waals surface area contributed by atoms with E-state index >= 15 is 0 Å². The average molecular weight is 328 g/mol. The van der Waals surface area contributed by atoms with Gasteiger partial charge < -0.3 is 15.3 Å². The van der Waals surface area contributed by atoms with Crippen molar-refractivity contribution in [3.63, 3.8) is 0 Å². The minimum atomic E-state index is -0.664. The number of anilines is 1. The van der Waals surface area contributed by atoms with Gasteiger partial charge in [-0.25, -0.2) is 15.0 Å². The van der Waals surface area contributed by atoms with Crippen molar-refractivity contribution in [3.8, 4) is 11.6 Å². The summed E-state index contributed by atoms with van der Waals surface area (Å²) in [7, 11) is 0. The van der Waals surface area contributed by atoms with E-state index in [0.29, 0.717) is 29.5 Å². The molecule has 0 aromatic carbocycles. The number of nitrogen functional groups attached to an aromatic ring is 1. The number of aryl methyl sites for hydroxylation is 1. The second-order valence-electron chi connectivity index (χ2n) is 6.78. The molecule has 3 N–H and O–H groups in total. The summed E-state index contributed by atoms with van der Waals surface area (Å²) >= 11 is 0. The molecule has 126 valence electrons. The smallest absolute Gasteiger partial charge is 0.245 e. The molecule has 1 aliphatic rings. The van der Waals surface area contributed by atoms with E-state index < -0.39 is 5.60 Å². The van der Waals surface area contributed by atoms with Gasteiger partial charge in [0.25, 0.3) is 0 Å². The molecule has 0 unspecified atom stereocenters. The number of nitrogens with zero attached hydrogens (tertiary/aromatic N) is 5. The summed E-state index contributed by atoms with van der Waals surface area (Å²) in [6.45, 7) is 3.77. The molecule has 0 spiro atoms. The predicted molar refractivity (Wildman–Crippen MR) is 87.3 cm³/mol.